The third kappa shape index (κ3) is 8.58. The zero-order valence-corrected chi connectivity index (χ0v) is 17.3. The Bertz CT molecular complexity index is 665. The number of rotatable bonds is 6. The molecule has 0 fully saturated rings. The Morgan fingerprint density at radius 3 is 2.52 bits per heavy atom. The van der Waals surface area contributed by atoms with Crippen LogP contribution >= 0.6 is 35.6 Å². The smallest absolute Gasteiger partial charge is 0.209 e. The fourth-order valence-corrected chi connectivity index (χ4v) is 3.07. The molecule has 0 radical (unpaired) electrons. The molecule has 1 aromatic rings. The van der Waals surface area contributed by atoms with E-state index in [1.54, 1.807) is 32.0 Å². The molecule has 23 heavy (non-hydrogen) atoms. The third-order valence-corrected chi connectivity index (χ3v) is 3.75. The molecule has 0 bridgehead atoms. The van der Waals surface area contributed by atoms with E-state index in [1.165, 1.54) is 7.11 Å². The lowest BCUT2D eigenvalue weighted by atomic mass is 10.1. The molecule has 0 amide bonds. The lowest BCUT2D eigenvalue weighted by Gasteiger charge is -2.22. The highest BCUT2D eigenvalue weighted by Crippen LogP contribution is 2.27. The Hall–Kier alpha value is -0.780. The normalized spacial score (nSPS) is 12.5. The van der Waals surface area contributed by atoms with Crippen LogP contribution in [-0.2, 0) is 10.0 Å². The maximum atomic E-state index is 11.2. The topological polar surface area (TPSA) is 106 Å². The SMILES string of the molecule is COc1ccc(NC(N)=NCC(C)(C)NS(C)(=O)=O)cc1Cl.I. The van der Waals surface area contributed by atoms with Gasteiger partial charge in [-0.15, -0.1) is 24.0 Å². The summed E-state index contributed by atoms with van der Waals surface area (Å²) in [5, 5.41) is 3.32. The van der Waals surface area contributed by atoms with E-state index in [2.05, 4.69) is 15.0 Å². The minimum Gasteiger partial charge on any atom is -0.495 e. The fourth-order valence-electron chi connectivity index (χ4n) is 1.75. The molecule has 1 rings (SSSR count). The van der Waals surface area contributed by atoms with Crippen molar-refractivity contribution in [1.82, 2.24) is 4.72 Å². The van der Waals surface area contributed by atoms with E-state index in [0.717, 1.165) is 6.26 Å². The van der Waals surface area contributed by atoms with E-state index >= 15 is 0 Å². The molecule has 0 aliphatic heterocycles. The Morgan fingerprint density at radius 1 is 1.43 bits per heavy atom. The molecule has 0 saturated heterocycles. The largest absolute Gasteiger partial charge is 0.495 e. The van der Waals surface area contributed by atoms with E-state index in [9.17, 15) is 8.42 Å². The van der Waals surface area contributed by atoms with Crippen LogP contribution < -0.4 is 20.5 Å². The number of methoxy groups -OCH3 is 1. The number of anilines is 1. The number of halogens is 2. The van der Waals surface area contributed by atoms with Crippen LogP contribution in [0.1, 0.15) is 13.8 Å². The summed E-state index contributed by atoms with van der Waals surface area (Å²) in [5.41, 5.74) is 5.70. The summed E-state index contributed by atoms with van der Waals surface area (Å²) in [7, 11) is -1.78. The van der Waals surface area contributed by atoms with Crippen LogP contribution in [0.3, 0.4) is 0 Å². The summed E-state index contributed by atoms with van der Waals surface area (Å²) in [6, 6.07) is 5.10. The molecular formula is C13H22ClIN4O3S. The molecule has 0 saturated carbocycles. The second kappa shape index (κ2) is 8.90. The van der Waals surface area contributed by atoms with E-state index in [4.69, 9.17) is 22.1 Å². The summed E-state index contributed by atoms with van der Waals surface area (Å²) in [5.74, 6) is 0.714. The first-order valence-electron chi connectivity index (χ1n) is 6.42. The van der Waals surface area contributed by atoms with Crippen molar-refractivity contribution < 1.29 is 13.2 Å². The lowest BCUT2D eigenvalue weighted by Crippen LogP contribution is -2.45. The van der Waals surface area contributed by atoms with Gasteiger partial charge in [0.25, 0.3) is 0 Å². The highest BCUT2D eigenvalue weighted by atomic mass is 127. The van der Waals surface area contributed by atoms with Gasteiger partial charge in [0.2, 0.25) is 10.0 Å². The summed E-state index contributed by atoms with van der Waals surface area (Å²) in [6.07, 6.45) is 1.10. The van der Waals surface area contributed by atoms with E-state index in [-0.39, 0.29) is 36.5 Å². The van der Waals surface area contributed by atoms with Gasteiger partial charge in [0.15, 0.2) is 5.96 Å². The minimum atomic E-state index is -3.31. The van der Waals surface area contributed by atoms with Crippen molar-refractivity contribution in [2.45, 2.75) is 19.4 Å². The highest BCUT2D eigenvalue weighted by molar-refractivity contribution is 14.0. The number of nitrogens with one attached hydrogen (secondary N) is 2. The maximum Gasteiger partial charge on any atom is 0.209 e. The predicted molar refractivity (Wildman–Crippen MR) is 106 cm³/mol. The first-order chi connectivity index (χ1) is 10.0. The van der Waals surface area contributed by atoms with Crippen molar-refractivity contribution in [3.63, 3.8) is 0 Å². The quantitative estimate of drug-likeness (QED) is 0.331. The molecule has 0 spiro atoms. The van der Waals surface area contributed by atoms with Crippen molar-refractivity contribution in [2.75, 3.05) is 25.2 Å². The number of guanidine groups is 1. The molecule has 7 nitrogen and oxygen atoms in total. The predicted octanol–water partition coefficient (Wildman–Crippen LogP) is 2.02. The number of nitrogens with zero attached hydrogens (tertiary/aromatic N) is 1. The van der Waals surface area contributed by atoms with Crippen molar-refractivity contribution in [2.24, 2.45) is 10.7 Å². The van der Waals surface area contributed by atoms with Gasteiger partial charge in [0, 0.05) is 11.2 Å². The average Bonchev–Trinajstić information content (AvgIpc) is 2.34. The van der Waals surface area contributed by atoms with Gasteiger partial charge in [-0.3, -0.25) is 4.99 Å². The maximum absolute atomic E-state index is 11.2. The molecule has 132 valence electrons. The monoisotopic (exact) mass is 476 g/mol. The zero-order valence-electron chi connectivity index (χ0n) is 13.4. The first kappa shape index (κ1) is 22.2. The molecule has 0 aliphatic rings. The summed E-state index contributed by atoms with van der Waals surface area (Å²) < 4.78 is 30.0. The van der Waals surface area contributed by atoms with Crippen LogP contribution in [0, 0.1) is 0 Å². The summed E-state index contributed by atoms with van der Waals surface area (Å²) in [4.78, 5) is 4.13. The molecule has 4 N–H and O–H groups in total. The van der Waals surface area contributed by atoms with Crippen molar-refractivity contribution in [1.29, 1.82) is 0 Å². The molecular weight excluding hydrogens is 455 g/mol. The molecule has 1 aromatic carbocycles. The van der Waals surface area contributed by atoms with Gasteiger partial charge in [-0.25, -0.2) is 13.1 Å². The molecule has 0 atom stereocenters. The summed E-state index contributed by atoms with van der Waals surface area (Å²) >= 11 is 6.01. The van der Waals surface area contributed by atoms with Crippen molar-refractivity contribution in [3.05, 3.63) is 23.2 Å². The molecule has 0 aromatic heterocycles. The van der Waals surface area contributed by atoms with Gasteiger partial charge in [0.05, 0.1) is 24.9 Å². The van der Waals surface area contributed by atoms with Crippen molar-refractivity contribution >= 4 is 57.2 Å². The Morgan fingerprint density at radius 2 is 2.04 bits per heavy atom. The Labute approximate surface area is 159 Å². The van der Waals surface area contributed by atoms with Crippen LogP contribution in [0.25, 0.3) is 0 Å². The minimum absolute atomic E-state index is 0. The van der Waals surface area contributed by atoms with E-state index in [0.29, 0.717) is 16.5 Å². The van der Waals surface area contributed by atoms with Crippen LogP contribution in [0.4, 0.5) is 5.69 Å². The number of hydrogen-bond donors (Lipinski definition) is 3. The van der Waals surface area contributed by atoms with Gasteiger partial charge >= 0.3 is 0 Å². The first-order valence-corrected chi connectivity index (χ1v) is 8.69. The molecule has 0 heterocycles. The molecule has 10 heteroatoms. The molecule has 0 unspecified atom stereocenters. The number of benzene rings is 1. The van der Waals surface area contributed by atoms with E-state index in [1.807, 2.05) is 0 Å². The van der Waals surface area contributed by atoms with Gasteiger partial charge < -0.3 is 15.8 Å². The number of ether oxygens (including phenoxy) is 1. The van der Waals surface area contributed by atoms with Gasteiger partial charge in [-0.1, -0.05) is 11.6 Å². The Kier molecular flexibility index (Phi) is 8.60. The lowest BCUT2D eigenvalue weighted by molar-refractivity contribution is 0.415. The van der Waals surface area contributed by atoms with Crippen LogP contribution in [0.15, 0.2) is 23.2 Å². The second-order valence-electron chi connectivity index (χ2n) is 5.43. The summed E-state index contributed by atoms with van der Waals surface area (Å²) in [6.45, 7) is 3.62. The average molecular weight is 477 g/mol. The van der Waals surface area contributed by atoms with Crippen LogP contribution in [-0.4, -0.2) is 39.8 Å². The number of nitrogens with two attached hydrogens (primary N) is 1. The number of sulfonamides is 1. The van der Waals surface area contributed by atoms with Crippen LogP contribution in [0.2, 0.25) is 5.02 Å². The standard InChI is InChI=1S/C13H21ClN4O3S.HI/c1-13(2,18-22(4,19)20)8-16-12(15)17-9-5-6-11(21-3)10(14)7-9;/h5-7,18H,8H2,1-4H3,(H3,15,16,17);1H. The Balaban J connectivity index is 0.00000484. The van der Waals surface area contributed by atoms with Crippen LogP contribution in [0.5, 0.6) is 5.75 Å². The fraction of sp³-hybridized carbons (Fsp3) is 0.462. The van der Waals surface area contributed by atoms with Gasteiger partial charge in [0.1, 0.15) is 5.75 Å². The zero-order chi connectivity index (χ0) is 17.0. The van der Waals surface area contributed by atoms with Crippen molar-refractivity contribution in [3.8, 4) is 5.75 Å². The van der Waals surface area contributed by atoms with E-state index < -0.39 is 15.6 Å². The van der Waals surface area contributed by atoms with Gasteiger partial charge in [-0.2, -0.15) is 0 Å². The second-order valence-corrected chi connectivity index (χ2v) is 7.59. The number of hydrogen-bond acceptors (Lipinski definition) is 4. The highest BCUT2D eigenvalue weighted by Gasteiger charge is 2.21. The third-order valence-electron chi connectivity index (χ3n) is 2.53. The van der Waals surface area contributed by atoms with Gasteiger partial charge in [-0.05, 0) is 32.0 Å². The number of aliphatic imine (C=N–C) groups is 1. The molecule has 0 aliphatic carbocycles.